The minimum absolute atomic E-state index is 0.0632. The minimum atomic E-state index is -2.03. The van der Waals surface area contributed by atoms with Gasteiger partial charge in [-0.25, -0.2) is 4.39 Å². The monoisotopic (exact) mass is 578 g/mol. The Morgan fingerprint density at radius 3 is 2.49 bits per heavy atom. The predicted octanol–water partition coefficient (Wildman–Crippen LogP) is 8.07. The minimum Gasteiger partial charge on any atom is -0.497 e. The van der Waals surface area contributed by atoms with Gasteiger partial charge in [0.25, 0.3) is 0 Å². The molecule has 2 aliphatic heterocycles. The Kier molecular flexibility index (Phi) is 8.25. The van der Waals surface area contributed by atoms with Gasteiger partial charge in [0.15, 0.2) is 8.32 Å². The van der Waals surface area contributed by atoms with Crippen molar-refractivity contribution in [2.75, 3.05) is 20.3 Å². The normalized spacial score (nSPS) is 26.0. The second-order valence-electron chi connectivity index (χ2n) is 14.1. The molecule has 3 aliphatic rings. The molecule has 1 aliphatic carbocycles. The van der Waals surface area contributed by atoms with E-state index in [0.29, 0.717) is 12.5 Å². The molecule has 2 atom stereocenters. The maximum atomic E-state index is 14.3. The highest BCUT2D eigenvalue weighted by atomic mass is 28.4. The number of carbonyl (C=O) groups excluding carboxylic acids is 1. The number of benzene rings is 2. The van der Waals surface area contributed by atoms with Crippen LogP contribution in [0.4, 0.5) is 10.1 Å². The summed E-state index contributed by atoms with van der Waals surface area (Å²) in [5, 5.41) is 0.0816. The molecule has 2 fully saturated rings. The first-order chi connectivity index (χ1) is 19.3. The molecular weight excluding hydrogens is 531 g/mol. The Bertz CT molecular complexity index is 1310. The molecule has 0 bridgehead atoms. The van der Waals surface area contributed by atoms with E-state index in [2.05, 4.69) is 44.8 Å². The van der Waals surface area contributed by atoms with Crippen LogP contribution < -0.4 is 4.74 Å². The van der Waals surface area contributed by atoms with Crippen LogP contribution in [0.5, 0.6) is 5.75 Å². The van der Waals surface area contributed by atoms with Crippen molar-refractivity contribution in [2.24, 2.45) is 16.3 Å². The van der Waals surface area contributed by atoms with Crippen LogP contribution in [0.2, 0.25) is 18.1 Å². The molecule has 1 amide bonds. The van der Waals surface area contributed by atoms with Crippen molar-refractivity contribution in [2.45, 2.75) is 96.3 Å². The summed E-state index contributed by atoms with van der Waals surface area (Å²) >= 11 is 0. The van der Waals surface area contributed by atoms with Crippen LogP contribution in [0, 0.1) is 17.2 Å². The van der Waals surface area contributed by atoms with Crippen LogP contribution in [0.1, 0.15) is 76.8 Å². The van der Waals surface area contributed by atoms with Gasteiger partial charge in [-0.15, -0.1) is 0 Å². The number of amides is 1. The Balaban J connectivity index is 1.43. The molecular formula is C34H47FN2O3Si. The van der Waals surface area contributed by atoms with Crippen molar-refractivity contribution >= 4 is 25.6 Å². The fourth-order valence-electron chi connectivity index (χ4n) is 7.02. The van der Waals surface area contributed by atoms with Gasteiger partial charge in [-0.3, -0.25) is 9.79 Å². The van der Waals surface area contributed by atoms with Gasteiger partial charge in [0.1, 0.15) is 11.6 Å². The third kappa shape index (κ3) is 5.77. The van der Waals surface area contributed by atoms with Crippen molar-refractivity contribution in [3.8, 4) is 5.75 Å². The second kappa shape index (κ2) is 11.3. The van der Waals surface area contributed by atoms with Crippen molar-refractivity contribution in [3.63, 3.8) is 0 Å². The van der Waals surface area contributed by atoms with Crippen LogP contribution >= 0.6 is 0 Å². The summed E-state index contributed by atoms with van der Waals surface area (Å²) < 4.78 is 26.6. The van der Waals surface area contributed by atoms with E-state index < -0.39 is 8.32 Å². The van der Waals surface area contributed by atoms with Crippen molar-refractivity contribution in [1.82, 2.24) is 4.90 Å². The summed E-state index contributed by atoms with van der Waals surface area (Å²) in [5.74, 6) is 1.51. The van der Waals surface area contributed by atoms with E-state index in [-0.39, 0.29) is 34.1 Å². The quantitative estimate of drug-likeness (QED) is 0.312. The van der Waals surface area contributed by atoms with Crippen molar-refractivity contribution in [1.29, 1.82) is 0 Å². The molecule has 2 aromatic rings. The molecule has 1 saturated heterocycles. The summed E-state index contributed by atoms with van der Waals surface area (Å²) in [5.41, 5.74) is 4.05. The van der Waals surface area contributed by atoms with Crippen LogP contribution in [-0.2, 0) is 15.6 Å². The van der Waals surface area contributed by atoms with Gasteiger partial charge in [0.2, 0.25) is 5.91 Å². The Hall–Kier alpha value is -2.51. The molecule has 2 aromatic carbocycles. The number of aryl methyl sites for hydroxylation is 1. The number of aliphatic imine (C=N–C) groups is 1. The standard InChI is InChI=1S/C34H47FN2O3Si/c1-23(38)37-22-34(18-16-24(17-19-34)12-13-25-10-8-9-11-28(25)35)31-27-15-14-26(39-5)20-29(27)36-32(31)30(37)21-40-41(6,7)33(2,3)4/h8-11,14-15,20,24,30-31H,12-13,16-19,21-22H2,1-7H3/t24?,30-,31?,34?/m0/s1. The average Bonchev–Trinajstić information content (AvgIpc) is 3.32. The van der Waals surface area contributed by atoms with Crippen LogP contribution in [-0.4, -0.2) is 51.1 Å². The SMILES string of the molecule is COc1ccc2c(c1)N=C1C2C2(CCC(CCc3ccccc3F)CC2)CN(C(C)=O)[C@H]1CO[Si](C)(C)C(C)(C)C. The van der Waals surface area contributed by atoms with E-state index in [4.69, 9.17) is 14.2 Å². The number of rotatable bonds is 7. The number of nitrogens with zero attached hydrogens (tertiary/aromatic N) is 2. The number of hydrogen-bond donors (Lipinski definition) is 0. The topological polar surface area (TPSA) is 51.1 Å². The van der Waals surface area contributed by atoms with E-state index >= 15 is 0 Å². The Morgan fingerprint density at radius 2 is 1.85 bits per heavy atom. The second-order valence-corrected chi connectivity index (χ2v) is 18.9. The molecule has 0 aromatic heterocycles. The molecule has 1 saturated carbocycles. The van der Waals surface area contributed by atoms with E-state index in [0.717, 1.165) is 67.8 Å². The summed E-state index contributed by atoms with van der Waals surface area (Å²) in [6, 6.07) is 13.2. The lowest BCUT2D eigenvalue weighted by atomic mass is 9.57. The number of hydrogen-bond acceptors (Lipinski definition) is 4. The van der Waals surface area contributed by atoms with Gasteiger partial charge >= 0.3 is 0 Å². The Labute approximate surface area is 246 Å². The predicted molar refractivity (Wildman–Crippen MR) is 166 cm³/mol. The number of fused-ring (bicyclic) bond motifs is 4. The van der Waals surface area contributed by atoms with Gasteiger partial charge in [-0.1, -0.05) is 45.0 Å². The van der Waals surface area contributed by atoms with Gasteiger partial charge in [0, 0.05) is 30.9 Å². The smallest absolute Gasteiger partial charge is 0.220 e. The Morgan fingerprint density at radius 1 is 1.15 bits per heavy atom. The van der Waals surface area contributed by atoms with Crippen LogP contribution in [0.15, 0.2) is 47.5 Å². The number of halogens is 1. The molecule has 0 N–H and O–H groups in total. The summed E-state index contributed by atoms with van der Waals surface area (Å²) in [7, 11) is -0.341. The number of ether oxygens (including phenoxy) is 1. The van der Waals surface area contributed by atoms with E-state index in [1.54, 1.807) is 26.2 Å². The van der Waals surface area contributed by atoms with Gasteiger partial charge < -0.3 is 14.1 Å². The fourth-order valence-corrected chi connectivity index (χ4v) is 8.03. The lowest BCUT2D eigenvalue weighted by molar-refractivity contribution is -0.134. The molecule has 7 heteroatoms. The van der Waals surface area contributed by atoms with E-state index in [1.165, 1.54) is 5.56 Å². The van der Waals surface area contributed by atoms with Gasteiger partial charge in [0.05, 0.1) is 31.2 Å². The largest absolute Gasteiger partial charge is 0.497 e. The lowest BCUT2D eigenvalue weighted by Gasteiger charge is -2.54. The third-order valence-corrected chi connectivity index (χ3v) is 15.1. The maximum Gasteiger partial charge on any atom is 0.220 e. The zero-order valence-corrected chi connectivity index (χ0v) is 26.9. The lowest BCUT2D eigenvalue weighted by Crippen LogP contribution is -2.61. The molecule has 222 valence electrons. The van der Waals surface area contributed by atoms with E-state index in [1.807, 2.05) is 24.3 Å². The zero-order valence-electron chi connectivity index (χ0n) is 25.9. The van der Waals surface area contributed by atoms with Crippen LogP contribution in [0.25, 0.3) is 0 Å². The number of carbonyl (C=O) groups is 1. The summed E-state index contributed by atoms with van der Waals surface area (Å²) in [4.78, 5) is 20.6. The zero-order chi connectivity index (χ0) is 29.6. The maximum absolute atomic E-state index is 14.3. The summed E-state index contributed by atoms with van der Waals surface area (Å²) in [6.07, 6.45) is 6.00. The third-order valence-electron chi connectivity index (χ3n) is 10.6. The molecule has 0 radical (unpaired) electrons. The first-order valence-electron chi connectivity index (χ1n) is 15.3. The van der Waals surface area contributed by atoms with Crippen molar-refractivity contribution < 1.29 is 18.3 Å². The average molecular weight is 579 g/mol. The van der Waals surface area contributed by atoms with Gasteiger partial charge in [-0.05, 0) is 85.8 Å². The first-order valence-corrected chi connectivity index (χ1v) is 18.2. The molecule has 2 heterocycles. The van der Waals surface area contributed by atoms with Gasteiger partial charge in [-0.2, -0.15) is 0 Å². The highest BCUT2D eigenvalue weighted by Gasteiger charge is 2.55. The van der Waals surface area contributed by atoms with E-state index in [9.17, 15) is 9.18 Å². The molecule has 5 rings (SSSR count). The highest BCUT2D eigenvalue weighted by Crippen LogP contribution is 2.58. The number of likely N-dealkylation sites (tertiary alicyclic amines) is 1. The number of methoxy groups -OCH3 is 1. The molecule has 41 heavy (non-hydrogen) atoms. The van der Waals surface area contributed by atoms with Crippen LogP contribution in [0.3, 0.4) is 0 Å². The molecule has 1 unspecified atom stereocenters. The highest BCUT2D eigenvalue weighted by molar-refractivity contribution is 6.74. The first kappa shape index (κ1) is 30.0. The fraction of sp³-hybridized carbons (Fsp3) is 0.588. The molecule has 1 spiro atoms. The molecule has 5 nitrogen and oxygen atoms in total. The number of piperidine rings is 1. The summed E-state index contributed by atoms with van der Waals surface area (Å²) in [6.45, 7) is 14.2. The van der Waals surface area contributed by atoms with Crippen molar-refractivity contribution in [3.05, 3.63) is 59.4 Å².